The van der Waals surface area contributed by atoms with Gasteiger partial charge in [0.1, 0.15) is 17.1 Å². The summed E-state index contributed by atoms with van der Waals surface area (Å²) in [6.07, 6.45) is 7.11. The summed E-state index contributed by atoms with van der Waals surface area (Å²) < 4.78 is 15.5. The third kappa shape index (κ3) is 2.13. The molecule has 1 aliphatic rings. The number of halogens is 1. The molecule has 0 bridgehead atoms. The van der Waals surface area contributed by atoms with Gasteiger partial charge in [-0.2, -0.15) is 4.39 Å². The predicted octanol–water partition coefficient (Wildman–Crippen LogP) is 2.79. The Hall–Kier alpha value is -1.78. The molecule has 2 aromatic heterocycles. The molecule has 4 nitrogen and oxygen atoms in total. The van der Waals surface area contributed by atoms with Crippen LogP contribution < -0.4 is 0 Å². The van der Waals surface area contributed by atoms with Crippen molar-refractivity contribution < 1.29 is 9.18 Å². The van der Waals surface area contributed by atoms with Gasteiger partial charge in [-0.3, -0.25) is 9.20 Å². The Morgan fingerprint density at radius 3 is 3.05 bits per heavy atom. The number of hydrogen-bond donors (Lipinski definition) is 0. The highest BCUT2D eigenvalue weighted by Crippen LogP contribution is 2.31. The molecule has 5 heteroatoms. The van der Waals surface area contributed by atoms with E-state index in [1.54, 1.807) is 17.5 Å². The second-order valence-corrected chi connectivity index (χ2v) is 5.16. The van der Waals surface area contributed by atoms with Crippen molar-refractivity contribution in [3.63, 3.8) is 0 Å². The third-order valence-corrected chi connectivity index (χ3v) is 3.86. The van der Waals surface area contributed by atoms with Gasteiger partial charge >= 0.3 is 0 Å². The van der Waals surface area contributed by atoms with Gasteiger partial charge in [0.2, 0.25) is 5.95 Å². The number of carbonyl (C=O) groups is 1. The zero-order valence-corrected chi connectivity index (χ0v) is 10.9. The van der Waals surface area contributed by atoms with Crippen LogP contribution in [0.25, 0.3) is 5.52 Å². The van der Waals surface area contributed by atoms with Crippen LogP contribution in [0.15, 0.2) is 12.4 Å². The topological polar surface area (TPSA) is 47.3 Å². The van der Waals surface area contributed by atoms with Crippen LogP contribution in [0.2, 0.25) is 0 Å². The van der Waals surface area contributed by atoms with Crippen molar-refractivity contribution >= 4 is 11.3 Å². The summed E-state index contributed by atoms with van der Waals surface area (Å²) in [4.78, 5) is 19.7. The van der Waals surface area contributed by atoms with Crippen molar-refractivity contribution in [1.29, 1.82) is 0 Å². The maximum atomic E-state index is 13.7. The number of hydrogen-bond acceptors (Lipinski definition) is 3. The summed E-state index contributed by atoms with van der Waals surface area (Å²) in [6.45, 7) is 1.80. The van der Waals surface area contributed by atoms with E-state index in [-0.39, 0.29) is 5.92 Å². The predicted molar refractivity (Wildman–Crippen MR) is 68.5 cm³/mol. The molecular weight excluding hydrogens is 245 g/mol. The molecular formula is C14H16FN3O. The average molecular weight is 261 g/mol. The van der Waals surface area contributed by atoms with Crippen molar-refractivity contribution in [2.75, 3.05) is 0 Å². The van der Waals surface area contributed by atoms with E-state index in [0.29, 0.717) is 29.8 Å². The smallest absolute Gasteiger partial charge is 0.239 e. The van der Waals surface area contributed by atoms with Gasteiger partial charge < -0.3 is 0 Å². The molecule has 0 aromatic carbocycles. The Kier molecular flexibility index (Phi) is 3.05. The highest BCUT2D eigenvalue weighted by atomic mass is 19.1. The lowest BCUT2D eigenvalue weighted by Crippen LogP contribution is -2.04. The van der Waals surface area contributed by atoms with Gasteiger partial charge in [0.15, 0.2) is 0 Å². The standard InChI is InChI=1S/C14H16FN3O/c1-9-12-13(15)16-7-8-18(12)14(17-9)10-3-2-4-11(19)6-5-10/h7-8,10H,2-6H2,1H3. The van der Waals surface area contributed by atoms with E-state index in [2.05, 4.69) is 9.97 Å². The number of aryl methyl sites for hydroxylation is 1. The van der Waals surface area contributed by atoms with Crippen molar-refractivity contribution in [2.24, 2.45) is 0 Å². The molecule has 1 fully saturated rings. The molecule has 1 aliphatic carbocycles. The molecule has 0 amide bonds. The van der Waals surface area contributed by atoms with Gasteiger partial charge in [-0.25, -0.2) is 9.97 Å². The average Bonchev–Trinajstić information content (AvgIpc) is 2.58. The van der Waals surface area contributed by atoms with Crippen LogP contribution >= 0.6 is 0 Å². The van der Waals surface area contributed by atoms with Crippen molar-refractivity contribution in [2.45, 2.75) is 44.9 Å². The van der Waals surface area contributed by atoms with E-state index in [1.165, 1.54) is 6.20 Å². The zero-order valence-electron chi connectivity index (χ0n) is 10.9. The number of aromatic nitrogens is 3. The maximum Gasteiger partial charge on any atom is 0.239 e. The molecule has 1 atom stereocenters. The van der Waals surface area contributed by atoms with Crippen molar-refractivity contribution in [3.8, 4) is 0 Å². The fraction of sp³-hybridized carbons (Fsp3) is 0.500. The van der Waals surface area contributed by atoms with E-state index in [9.17, 15) is 9.18 Å². The SMILES string of the molecule is Cc1nc(C2CCCC(=O)CC2)n2ccnc(F)c12. The van der Waals surface area contributed by atoms with Gasteiger partial charge in [0.05, 0.1) is 5.69 Å². The normalized spacial score (nSPS) is 20.7. The molecule has 3 rings (SSSR count). The zero-order chi connectivity index (χ0) is 13.4. The summed E-state index contributed by atoms with van der Waals surface area (Å²) in [5.74, 6) is 0.939. The number of carbonyl (C=O) groups excluding carboxylic acids is 1. The first-order valence-corrected chi connectivity index (χ1v) is 6.67. The Labute approximate surface area is 110 Å². The summed E-state index contributed by atoms with van der Waals surface area (Å²) in [5, 5.41) is 0. The summed E-state index contributed by atoms with van der Waals surface area (Å²) in [5.41, 5.74) is 1.12. The number of imidazole rings is 1. The summed E-state index contributed by atoms with van der Waals surface area (Å²) in [6, 6.07) is 0. The Balaban J connectivity index is 2.05. The minimum atomic E-state index is -0.483. The van der Waals surface area contributed by atoms with Crippen LogP contribution in [0.4, 0.5) is 4.39 Å². The quantitative estimate of drug-likeness (QED) is 0.742. The molecule has 0 aliphatic heterocycles. The third-order valence-electron chi connectivity index (χ3n) is 3.86. The molecule has 0 N–H and O–H groups in total. The lowest BCUT2D eigenvalue weighted by molar-refractivity contribution is -0.118. The van der Waals surface area contributed by atoms with Crippen LogP contribution in [0.1, 0.15) is 49.5 Å². The Bertz CT molecular complexity index is 635. The number of nitrogens with zero attached hydrogens (tertiary/aromatic N) is 3. The van der Waals surface area contributed by atoms with E-state index >= 15 is 0 Å². The van der Waals surface area contributed by atoms with E-state index in [0.717, 1.165) is 25.1 Å². The lowest BCUT2D eigenvalue weighted by atomic mass is 10.00. The van der Waals surface area contributed by atoms with E-state index in [1.807, 2.05) is 0 Å². The molecule has 1 saturated carbocycles. The number of rotatable bonds is 1. The van der Waals surface area contributed by atoms with Gasteiger partial charge in [0.25, 0.3) is 0 Å². The second-order valence-electron chi connectivity index (χ2n) is 5.16. The molecule has 2 aromatic rings. The molecule has 0 saturated heterocycles. The molecule has 19 heavy (non-hydrogen) atoms. The molecule has 0 radical (unpaired) electrons. The highest BCUT2D eigenvalue weighted by molar-refractivity contribution is 5.78. The van der Waals surface area contributed by atoms with Crippen molar-refractivity contribution in [3.05, 3.63) is 29.9 Å². The Morgan fingerprint density at radius 1 is 1.37 bits per heavy atom. The highest BCUT2D eigenvalue weighted by Gasteiger charge is 2.23. The van der Waals surface area contributed by atoms with Crippen molar-refractivity contribution in [1.82, 2.24) is 14.4 Å². The first kappa shape index (κ1) is 12.3. The lowest BCUT2D eigenvalue weighted by Gasteiger charge is -2.12. The first-order valence-electron chi connectivity index (χ1n) is 6.67. The van der Waals surface area contributed by atoms with Crippen LogP contribution in [0, 0.1) is 12.9 Å². The second kappa shape index (κ2) is 4.72. The largest absolute Gasteiger partial charge is 0.300 e. The molecule has 1 unspecified atom stereocenters. The number of Topliss-reactive ketones (excluding diaryl/α,β-unsaturated/α-hetero) is 1. The minimum Gasteiger partial charge on any atom is -0.300 e. The first-order chi connectivity index (χ1) is 9.16. The number of fused-ring (bicyclic) bond motifs is 1. The van der Waals surface area contributed by atoms with E-state index in [4.69, 9.17) is 0 Å². The summed E-state index contributed by atoms with van der Waals surface area (Å²) >= 11 is 0. The number of ketones is 1. The Morgan fingerprint density at radius 2 is 2.21 bits per heavy atom. The fourth-order valence-electron chi connectivity index (χ4n) is 2.89. The van der Waals surface area contributed by atoms with Gasteiger partial charge in [0, 0.05) is 31.2 Å². The molecule has 2 heterocycles. The van der Waals surface area contributed by atoms with Gasteiger partial charge in [-0.1, -0.05) is 0 Å². The van der Waals surface area contributed by atoms with Crippen LogP contribution in [0.5, 0.6) is 0 Å². The molecule has 100 valence electrons. The van der Waals surface area contributed by atoms with Crippen LogP contribution in [0.3, 0.4) is 0 Å². The van der Waals surface area contributed by atoms with Gasteiger partial charge in [-0.05, 0) is 26.2 Å². The van der Waals surface area contributed by atoms with Gasteiger partial charge in [-0.15, -0.1) is 0 Å². The monoisotopic (exact) mass is 261 g/mol. The van der Waals surface area contributed by atoms with Crippen LogP contribution in [-0.2, 0) is 4.79 Å². The maximum absolute atomic E-state index is 13.7. The minimum absolute atomic E-state index is 0.231. The van der Waals surface area contributed by atoms with Crippen LogP contribution in [-0.4, -0.2) is 20.2 Å². The fourth-order valence-corrected chi connectivity index (χ4v) is 2.89. The van der Waals surface area contributed by atoms with E-state index < -0.39 is 5.95 Å². The molecule has 0 spiro atoms. The summed E-state index contributed by atoms with van der Waals surface area (Å²) in [7, 11) is 0.